The van der Waals surface area contributed by atoms with Gasteiger partial charge in [-0.05, 0) is 37.5 Å². The first-order valence-electron chi connectivity index (χ1n) is 8.47. The van der Waals surface area contributed by atoms with Gasteiger partial charge in [0.2, 0.25) is 0 Å². The van der Waals surface area contributed by atoms with E-state index in [-0.39, 0.29) is 0 Å². The predicted molar refractivity (Wildman–Crippen MR) is 92.1 cm³/mol. The standard InChI is InChI=1S/C18H28ClNO2/c1-3-22-18-16(19)11-14(12-17(18)21-2)13-20-15-9-7-5-4-6-8-10-15/h11-12,15,20H,3-10,13H2,1-2H3. The average molecular weight is 326 g/mol. The highest BCUT2D eigenvalue weighted by Crippen LogP contribution is 2.36. The van der Waals surface area contributed by atoms with Crippen LogP contribution in [0.1, 0.15) is 57.4 Å². The molecule has 0 spiro atoms. The van der Waals surface area contributed by atoms with Crippen molar-refractivity contribution in [1.29, 1.82) is 0 Å². The smallest absolute Gasteiger partial charge is 0.179 e. The Bertz CT molecular complexity index is 457. The van der Waals surface area contributed by atoms with Crippen molar-refractivity contribution >= 4 is 11.6 Å². The maximum Gasteiger partial charge on any atom is 0.179 e. The molecule has 0 aliphatic heterocycles. The summed E-state index contributed by atoms with van der Waals surface area (Å²) >= 11 is 6.33. The van der Waals surface area contributed by atoms with Gasteiger partial charge in [-0.3, -0.25) is 0 Å². The van der Waals surface area contributed by atoms with E-state index in [0.717, 1.165) is 12.1 Å². The van der Waals surface area contributed by atoms with Gasteiger partial charge in [0.15, 0.2) is 11.5 Å². The molecule has 1 aromatic rings. The van der Waals surface area contributed by atoms with E-state index in [4.69, 9.17) is 21.1 Å². The Labute approximate surface area is 139 Å². The molecule has 0 aromatic heterocycles. The van der Waals surface area contributed by atoms with E-state index in [1.807, 2.05) is 19.1 Å². The summed E-state index contributed by atoms with van der Waals surface area (Å²) in [5.74, 6) is 1.35. The first kappa shape index (κ1) is 17.4. The monoisotopic (exact) mass is 325 g/mol. The van der Waals surface area contributed by atoms with E-state index in [2.05, 4.69) is 5.32 Å². The molecule has 4 heteroatoms. The normalized spacial score (nSPS) is 16.9. The summed E-state index contributed by atoms with van der Waals surface area (Å²) in [4.78, 5) is 0. The molecule has 1 N–H and O–H groups in total. The molecule has 3 nitrogen and oxygen atoms in total. The summed E-state index contributed by atoms with van der Waals surface area (Å²) < 4.78 is 11.0. The lowest BCUT2D eigenvalue weighted by Crippen LogP contribution is -2.29. The van der Waals surface area contributed by atoms with Crippen molar-refractivity contribution in [1.82, 2.24) is 5.32 Å². The van der Waals surface area contributed by atoms with Crippen LogP contribution in [0.3, 0.4) is 0 Å². The maximum atomic E-state index is 6.33. The van der Waals surface area contributed by atoms with Crippen LogP contribution in [0.25, 0.3) is 0 Å². The van der Waals surface area contributed by atoms with E-state index >= 15 is 0 Å². The number of hydrogen-bond acceptors (Lipinski definition) is 3. The van der Waals surface area contributed by atoms with Crippen LogP contribution in [-0.2, 0) is 6.54 Å². The maximum absolute atomic E-state index is 6.33. The summed E-state index contributed by atoms with van der Waals surface area (Å²) in [5.41, 5.74) is 1.15. The van der Waals surface area contributed by atoms with E-state index in [1.54, 1.807) is 7.11 Å². The lowest BCUT2D eigenvalue weighted by Gasteiger charge is -2.21. The summed E-state index contributed by atoms with van der Waals surface area (Å²) in [5, 5.41) is 4.30. The van der Waals surface area contributed by atoms with Crippen LogP contribution in [0.5, 0.6) is 11.5 Å². The lowest BCUT2D eigenvalue weighted by molar-refractivity contribution is 0.310. The van der Waals surface area contributed by atoms with E-state index < -0.39 is 0 Å². The summed E-state index contributed by atoms with van der Waals surface area (Å²) in [6, 6.07) is 4.62. The van der Waals surface area contributed by atoms with E-state index in [0.29, 0.717) is 29.2 Å². The fourth-order valence-electron chi connectivity index (χ4n) is 3.08. The second kappa shape index (κ2) is 9.26. The fraction of sp³-hybridized carbons (Fsp3) is 0.667. The van der Waals surface area contributed by atoms with Crippen LogP contribution < -0.4 is 14.8 Å². The van der Waals surface area contributed by atoms with Gasteiger partial charge in [0.25, 0.3) is 0 Å². The molecule has 1 aliphatic carbocycles. The van der Waals surface area contributed by atoms with E-state index in [1.165, 1.54) is 44.9 Å². The van der Waals surface area contributed by atoms with Crippen molar-refractivity contribution in [3.8, 4) is 11.5 Å². The Morgan fingerprint density at radius 3 is 2.45 bits per heavy atom. The zero-order valence-corrected chi connectivity index (χ0v) is 14.5. The van der Waals surface area contributed by atoms with E-state index in [9.17, 15) is 0 Å². The third-order valence-electron chi connectivity index (χ3n) is 4.28. The second-order valence-corrected chi connectivity index (χ2v) is 6.37. The number of halogens is 1. The van der Waals surface area contributed by atoms with Crippen molar-refractivity contribution in [2.45, 2.75) is 64.5 Å². The Hall–Kier alpha value is -0.930. The van der Waals surface area contributed by atoms with Crippen LogP contribution in [0, 0.1) is 0 Å². The Balaban J connectivity index is 1.98. The van der Waals surface area contributed by atoms with Crippen LogP contribution in [0.15, 0.2) is 12.1 Å². The highest BCUT2D eigenvalue weighted by atomic mass is 35.5. The number of benzene rings is 1. The minimum Gasteiger partial charge on any atom is -0.493 e. The number of rotatable bonds is 6. The Morgan fingerprint density at radius 1 is 1.14 bits per heavy atom. The number of nitrogens with one attached hydrogen (secondary N) is 1. The zero-order valence-electron chi connectivity index (χ0n) is 13.8. The number of hydrogen-bond donors (Lipinski definition) is 1. The molecule has 0 heterocycles. The average Bonchev–Trinajstić information content (AvgIpc) is 2.48. The molecular weight excluding hydrogens is 298 g/mol. The Kier molecular flexibility index (Phi) is 7.34. The number of methoxy groups -OCH3 is 1. The first-order valence-corrected chi connectivity index (χ1v) is 8.85. The molecule has 0 saturated heterocycles. The van der Waals surface area contributed by atoms with Crippen LogP contribution in [0.4, 0.5) is 0 Å². The molecule has 22 heavy (non-hydrogen) atoms. The van der Waals surface area contributed by atoms with Crippen LogP contribution in [-0.4, -0.2) is 19.8 Å². The van der Waals surface area contributed by atoms with Gasteiger partial charge in [0.05, 0.1) is 18.7 Å². The highest BCUT2D eigenvalue weighted by molar-refractivity contribution is 6.32. The summed E-state index contributed by atoms with van der Waals surface area (Å²) in [6.07, 6.45) is 9.39. The van der Waals surface area contributed by atoms with Gasteiger partial charge in [-0.25, -0.2) is 0 Å². The molecule has 0 radical (unpaired) electrons. The lowest BCUT2D eigenvalue weighted by atomic mass is 9.96. The molecule has 0 unspecified atom stereocenters. The number of ether oxygens (including phenoxy) is 2. The fourth-order valence-corrected chi connectivity index (χ4v) is 3.37. The third kappa shape index (κ3) is 5.06. The van der Waals surface area contributed by atoms with Crippen LogP contribution in [0.2, 0.25) is 5.02 Å². The molecule has 1 saturated carbocycles. The molecule has 1 aromatic carbocycles. The van der Waals surface area contributed by atoms with Crippen molar-refractivity contribution in [2.75, 3.05) is 13.7 Å². The molecule has 0 atom stereocenters. The van der Waals surface area contributed by atoms with Crippen molar-refractivity contribution in [3.63, 3.8) is 0 Å². The van der Waals surface area contributed by atoms with Gasteiger partial charge in [-0.15, -0.1) is 0 Å². The topological polar surface area (TPSA) is 30.5 Å². The van der Waals surface area contributed by atoms with Crippen molar-refractivity contribution in [2.24, 2.45) is 0 Å². The van der Waals surface area contributed by atoms with Gasteiger partial charge in [-0.2, -0.15) is 0 Å². The zero-order chi connectivity index (χ0) is 15.8. The minimum absolute atomic E-state index is 0.579. The van der Waals surface area contributed by atoms with Crippen LogP contribution >= 0.6 is 11.6 Å². The van der Waals surface area contributed by atoms with Gasteiger partial charge in [0.1, 0.15) is 0 Å². The molecule has 124 valence electrons. The van der Waals surface area contributed by atoms with Gasteiger partial charge in [0, 0.05) is 12.6 Å². The largest absolute Gasteiger partial charge is 0.493 e. The minimum atomic E-state index is 0.579. The molecular formula is C18H28ClNO2. The van der Waals surface area contributed by atoms with Crippen molar-refractivity contribution in [3.05, 3.63) is 22.7 Å². The molecule has 0 bridgehead atoms. The molecule has 2 rings (SSSR count). The molecule has 1 fully saturated rings. The molecule has 1 aliphatic rings. The SMILES string of the molecule is CCOc1c(Cl)cc(CNC2CCCCCCC2)cc1OC. The predicted octanol–water partition coefficient (Wildman–Crippen LogP) is 4.95. The first-order chi connectivity index (χ1) is 10.7. The molecule has 0 amide bonds. The highest BCUT2D eigenvalue weighted by Gasteiger charge is 2.14. The van der Waals surface area contributed by atoms with Gasteiger partial charge >= 0.3 is 0 Å². The quantitative estimate of drug-likeness (QED) is 0.802. The Morgan fingerprint density at radius 2 is 1.82 bits per heavy atom. The van der Waals surface area contributed by atoms with Gasteiger partial charge < -0.3 is 14.8 Å². The third-order valence-corrected chi connectivity index (χ3v) is 4.56. The van der Waals surface area contributed by atoms with Crippen molar-refractivity contribution < 1.29 is 9.47 Å². The summed E-state index contributed by atoms with van der Waals surface area (Å²) in [7, 11) is 1.65. The van der Waals surface area contributed by atoms with Gasteiger partial charge in [-0.1, -0.05) is 43.7 Å². The second-order valence-electron chi connectivity index (χ2n) is 5.96. The summed E-state index contributed by atoms with van der Waals surface area (Å²) in [6.45, 7) is 3.35.